The lowest BCUT2D eigenvalue weighted by Crippen LogP contribution is -2.49. The lowest BCUT2D eigenvalue weighted by atomic mass is 9.92. The number of rotatable bonds is 5. The van der Waals surface area contributed by atoms with Crippen molar-refractivity contribution in [3.05, 3.63) is 69.3 Å². The van der Waals surface area contributed by atoms with Crippen LogP contribution in [-0.2, 0) is 24.1 Å². The quantitative estimate of drug-likeness (QED) is 0.526. The molecular formula is C28H33N3O4. The number of aryl methyl sites for hydroxylation is 2. The molecule has 1 amide bonds. The second kappa shape index (κ2) is 9.46. The first-order chi connectivity index (χ1) is 16.8. The number of benzene rings is 1. The molecule has 35 heavy (non-hydrogen) atoms. The van der Waals surface area contributed by atoms with Crippen LogP contribution >= 0.6 is 0 Å². The van der Waals surface area contributed by atoms with Crippen molar-refractivity contribution < 1.29 is 13.9 Å². The topological polar surface area (TPSA) is 75.9 Å². The first-order valence-electron chi connectivity index (χ1n) is 12.5. The summed E-state index contributed by atoms with van der Waals surface area (Å²) in [5.41, 5.74) is 3.33. The highest BCUT2D eigenvalue weighted by Crippen LogP contribution is 2.36. The minimum atomic E-state index is -0.438. The zero-order chi connectivity index (χ0) is 24.6. The van der Waals surface area contributed by atoms with Gasteiger partial charge < -0.3 is 14.1 Å². The average Bonchev–Trinajstić information content (AvgIpc) is 2.85. The number of piperazine rings is 1. The molecular weight excluding hydrogens is 442 g/mol. The van der Waals surface area contributed by atoms with Crippen LogP contribution in [0.4, 0.5) is 0 Å². The van der Waals surface area contributed by atoms with Gasteiger partial charge >= 0.3 is 5.63 Å². The molecule has 1 fully saturated rings. The number of carbonyl (C=O) groups is 1. The van der Waals surface area contributed by atoms with Gasteiger partial charge in [-0.15, -0.1) is 0 Å². The molecule has 2 aliphatic rings. The summed E-state index contributed by atoms with van der Waals surface area (Å²) in [6.07, 6.45) is 4.63. The molecule has 1 aromatic carbocycles. The molecule has 0 atom stereocenters. The van der Waals surface area contributed by atoms with Crippen molar-refractivity contribution in [3.8, 4) is 5.75 Å². The van der Waals surface area contributed by atoms with E-state index in [0.717, 1.165) is 66.9 Å². The van der Waals surface area contributed by atoms with Crippen LogP contribution in [0, 0.1) is 6.92 Å². The second-order valence-electron chi connectivity index (χ2n) is 10.3. The molecule has 0 spiro atoms. The first kappa shape index (κ1) is 23.5. The molecule has 0 bridgehead atoms. The van der Waals surface area contributed by atoms with Crippen LogP contribution in [0.3, 0.4) is 0 Å². The second-order valence-corrected chi connectivity index (χ2v) is 10.3. The predicted octanol–water partition coefficient (Wildman–Crippen LogP) is 3.53. The van der Waals surface area contributed by atoms with Crippen LogP contribution in [0.2, 0.25) is 0 Å². The molecule has 1 saturated heterocycles. The number of amides is 1. The van der Waals surface area contributed by atoms with E-state index in [4.69, 9.17) is 9.15 Å². The monoisotopic (exact) mass is 475 g/mol. The van der Waals surface area contributed by atoms with Crippen molar-refractivity contribution in [2.24, 2.45) is 0 Å². The van der Waals surface area contributed by atoms with Gasteiger partial charge in [-0.3, -0.25) is 14.7 Å². The normalized spacial score (nSPS) is 17.7. The van der Waals surface area contributed by atoms with Gasteiger partial charge in [-0.05, 0) is 62.9 Å². The number of hydrogen-bond donors (Lipinski definition) is 0. The number of carbonyl (C=O) groups excluding carboxylic acids is 1. The summed E-state index contributed by atoms with van der Waals surface area (Å²) in [6, 6.07) is 9.87. The van der Waals surface area contributed by atoms with Crippen LogP contribution in [0.15, 0.2) is 45.7 Å². The van der Waals surface area contributed by atoms with E-state index < -0.39 is 5.63 Å². The van der Waals surface area contributed by atoms with Gasteiger partial charge in [-0.25, -0.2) is 4.79 Å². The average molecular weight is 476 g/mol. The standard InChI is InChI=1S/C28H33N3O4/c1-19-22-16-20-7-9-28(2,3)35-24(20)18-25(22)34-27(33)23(19)17-26(32)31-14-12-30(13-15-31)11-8-21-6-4-5-10-29-21/h4-6,10,16,18H,7-9,11-15,17H2,1-3H3. The third-order valence-electron chi connectivity index (χ3n) is 7.31. The molecule has 0 radical (unpaired) electrons. The van der Waals surface area contributed by atoms with Crippen LogP contribution in [0.5, 0.6) is 5.75 Å². The Labute approximate surface area is 205 Å². The summed E-state index contributed by atoms with van der Waals surface area (Å²) in [5.74, 6) is 0.758. The maximum absolute atomic E-state index is 13.1. The van der Waals surface area contributed by atoms with Gasteiger partial charge in [0.25, 0.3) is 0 Å². The molecule has 0 unspecified atom stereocenters. The number of pyridine rings is 1. The number of fused-ring (bicyclic) bond motifs is 2. The number of ether oxygens (including phenoxy) is 1. The van der Waals surface area contributed by atoms with Gasteiger partial charge in [0.1, 0.15) is 16.9 Å². The van der Waals surface area contributed by atoms with Crippen molar-refractivity contribution in [2.45, 2.75) is 52.1 Å². The Kier molecular flexibility index (Phi) is 6.36. The molecule has 2 aliphatic heterocycles. The minimum Gasteiger partial charge on any atom is -0.487 e. The summed E-state index contributed by atoms with van der Waals surface area (Å²) < 4.78 is 11.8. The van der Waals surface area contributed by atoms with E-state index in [1.165, 1.54) is 0 Å². The highest BCUT2D eigenvalue weighted by Gasteiger charge is 2.28. The largest absolute Gasteiger partial charge is 0.487 e. The molecule has 0 N–H and O–H groups in total. The molecule has 4 heterocycles. The molecule has 7 heteroatoms. The third-order valence-corrected chi connectivity index (χ3v) is 7.31. The van der Waals surface area contributed by atoms with Crippen LogP contribution in [0.25, 0.3) is 11.0 Å². The number of hydrogen-bond acceptors (Lipinski definition) is 6. The van der Waals surface area contributed by atoms with Gasteiger partial charge in [-0.1, -0.05) is 6.07 Å². The van der Waals surface area contributed by atoms with Crippen LogP contribution in [0.1, 0.15) is 42.7 Å². The van der Waals surface area contributed by atoms with Gasteiger partial charge in [0, 0.05) is 62.5 Å². The number of aromatic nitrogens is 1. The van der Waals surface area contributed by atoms with Crippen molar-refractivity contribution >= 4 is 16.9 Å². The molecule has 0 saturated carbocycles. The lowest BCUT2D eigenvalue weighted by Gasteiger charge is -2.34. The van der Waals surface area contributed by atoms with Gasteiger partial charge in [0.05, 0.1) is 12.0 Å². The first-order valence-corrected chi connectivity index (χ1v) is 12.5. The van der Waals surface area contributed by atoms with E-state index in [1.54, 1.807) is 0 Å². The maximum Gasteiger partial charge on any atom is 0.340 e. The zero-order valence-electron chi connectivity index (χ0n) is 20.8. The fraction of sp³-hybridized carbons (Fsp3) is 0.464. The summed E-state index contributed by atoms with van der Waals surface area (Å²) in [7, 11) is 0. The van der Waals surface area contributed by atoms with Crippen molar-refractivity contribution in [3.63, 3.8) is 0 Å². The highest BCUT2D eigenvalue weighted by atomic mass is 16.5. The Morgan fingerprint density at radius 3 is 2.69 bits per heavy atom. The fourth-order valence-corrected chi connectivity index (χ4v) is 5.04. The highest BCUT2D eigenvalue weighted by molar-refractivity contribution is 5.86. The van der Waals surface area contributed by atoms with Gasteiger partial charge in [0.15, 0.2) is 0 Å². The van der Waals surface area contributed by atoms with Gasteiger partial charge in [0.2, 0.25) is 5.91 Å². The summed E-state index contributed by atoms with van der Waals surface area (Å²) in [4.78, 5) is 34.6. The molecule has 184 valence electrons. The van der Waals surface area contributed by atoms with Crippen molar-refractivity contribution in [1.29, 1.82) is 0 Å². The Bertz CT molecular complexity index is 1290. The third kappa shape index (κ3) is 5.10. The minimum absolute atomic E-state index is 0.0211. The summed E-state index contributed by atoms with van der Waals surface area (Å²) in [6.45, 7) is 9.96. The van der Waals surface area contributed by atoms with E-state index in [0.29, 0.717) is 24.2 Å². The van der Waals surface area contributed by atoms with Crippen LogP contribution < -0.4 is 10.4 Å². The Balaban J connectivity index is 1.25. The molecule has 2 aromatic heterocycles. The fourth-order valence-electron chi connectivity index (χ4n) is 5.04. The Hall–Kier alpha value is -3.19. The zero-order valence-corrected chi connectivity index (χ0v) is 20.8. The Morgan fingerprint density at radius 2 is 1.94 bits per heavy atom. The van der Waals surface area contributed by atoms with E-state index in [-0.39, 0.29) is 17.9 Å². The molecule has 0 aliphatic carbocycles. The SMILES string of the molecule is Cc1c(CC(=O)N2CCN(CCc3ccccn3)CC2)c(=O)oc2cc3c(cc12)CCC(C)(C)O3. The van der Waals surface area contributed by atoms with Crippen molar-refractivity contribution in [2.75, 3.05) is 32.7 Å². The lowest BCUT2D eigenvalue weighted by molar-refractivity contribution is -0.132. The molecule has 7 nitrogen and oxygen atoms in total. The Morgan fingerprint density at radius 1 is 1.14 bits per heavy atom. The van der Waals surface area contributed by atoms with Crippen molar-refractivity contribution in [1.82, 2.24) is 14.8 Å². The summed E-state index contributed by atoms with van der Waals surface area (Å²) >= 11 is 0. The predicted molar refractivity (Wildman–Crippen MR) is 135 cm³/mol. The number of nitrogens with zero attached hydrogens (tertiary/aromatic N) is 3. The molecule has 3 aromatic rings. The maximum atomic E-state index is 13.1. The molecule has 5 rings (SSSR count). The van der Waals surface area contributed by atoms with Crippen LogP contribution in [-0.4, -0.2) is 59.0 Å². The van der Waals surface area contributed by atoms with E-state index >= 15 is 0 Å². The van der Waals surface area contributed by atoms with Gasteiger partial charge in [-0.2, -0.15) is 0 Å². The smallest absolute Gasteiger partial charge is 0.340 e. The summed E-state index contributed by atoms with van der Waals surface area (Å²) in [5, 5.41) is 0.883. The van der Waals surface area contributed by atoms with E-state index in [9.17, 15) is 9.59 Å². The van der Waals surface area contributed by atoms with E-state index in [1.807, 2.05) is 42.3 Å². The van der Waals surface area contributed by atoms with E-state index in [2.05, 4.69) is 29.8 Å².